The molecule has 1 N–H and O–H groups in total. The van der Waals surface area contributed by atoms with Crippen LogP contribution in [0.3, 0.4) is 0 Å². The van der Waals surface area contributed by atoms with Crippen LogP contribution in [-0.4, -0.2) is 57.1 Å². The van der Waals surface area contributed by atoms with Gasteiger partial charge in [-0.2, -0.15) is 0 Å². The van der Waals surface area contributed by atoms with Crippen LogP contribution in [0.5, 0.6) is 5.75 Å². The monoisotopic (exact) mass is 483 g/mol. The number of hydrogen-bond donors (Lipinski definition) is 1. The highest BCUT2D eigenvalue weighted by Gasteiger charge is 2.39. The van der Waals surface area contributed by atoms with Gasteiger partial charge in [-0.1, -0.05) is 23.7 Å². The van der Waals surface area contributed by atoms with Crippen molar-refractivity contribution >= 4 is 28.6 Å². The van der Waals surface area contributed by atoms with Crippen LogP contribution in [0.4, 0.5) is 4.79 Å². The molecule has 1 aromatic carbocycles. The first kappa shape index (κ1) is 22.7. The van der Waals surface area contributed by atoms with E-state index in [4.69, 9.17) is 21.1 Å². The summed E-state index contributed by atoms with van der Waals surface area (Å²) in [5.41, 5.74) is 1.96. The van der Waals surface area contributed by atoms with Crippen molar-refractivity contribution in [2.24, 2.45) is 0 Å². The zero-order valence-corrected chi connectivity index (χ0v) is 19.6. The molecule has 0 radical (unpaired) electrons. The van der Waals surface area contributed by atoms with E-state index < -0.39 is 6.10 Å². The van der Waals surface area contributed by atoms with Crippen molar-refractivity contribution in [3.63, 3.8) is 0 Å². The van der Waals surface area contributed by atoms with Crippen molar-refractivity contribution in [2.75, 3.05) is 13.2 Å². The van der Waals surface area contributed by atoms with Gasteiger partial charge in [-0.3, -0.25) is 4.79 Å². The number of fused-ring (bicyclic) bond motifs is 2. The molecular weight excluding hydrogens is 458 g/mol. The number of nitrogens with zero attached hydrogens (tertiary/aromatic N) is 3. The number of aliphatic hydroxyl groups excluding tert-OH is 1. The lowest BCUT2D eigenvalue weighted by molar-refractivity contribution is 0.0917. The minimum atomic E-state index is -0.611. The van der Waals surface area contributed by atoms with Crippen LogP contribution in [0.25, 0.3) is 10.9 Å². The Morgan fingerprint density at radius 3 is 2.82 bits per heavy atom. The van der Waals surface area contributed by atoms with Crippen molar-refractivity contribution in [2.45, 2.75) is 51.0 Å². The summed E-state index contributed by atoms with van der Waals surface area (Å²) in [4.78, 5) is 31.5. The zero-order chi connectivity index (χ0) is 23.8. The molecule has 2 aromatic heterocycles. The van der Waals surface area contributed by atoms with Gasteiger partial charge in [-0.05, 0) is 36.8 Å². The van der Waals surface area contributed by atoms with Gasteiger partial charge in [0.15, 0.2) is 0 Å². The molecule has 178 valence electrons. The van der Waals surface area contributed by atoms with Gasteiger partial charge in [0, 0.05) is 37.0 Å². The molecule has 2 saturated heterocycles. The molecule has 2 fully saturated rings. The molecule has 1 amide bonds. The molecule has 4 heterocycles. The molecule has 2 aliphatic heterocycles. The maximum atomic E-state index is 13.3. The first-order valence-corrected chi connectivity index (χ1v) is 11.8. The van der Waals surface area contributed by atoms with Crippen LogP contribution >= 0.6 is 11.6 Å². The number of aromatic nitrogens is 2. The quantitative estimate of drug-likeness (QED) is 0.577. The molecule has 5 rings (SSSR count). The van der Waals surface area contributed by atoms with E-state index in [1.807, 2.05) is 18.2 Å². The van der Waals surface area contributed by atoms with Gasteiger partial charge in [0.05, 0.1) is 35.3 Å². The summed E-state index contributed by atoms with van der Waals surface area (Å²) >= 11 is 5.97. The van der Waals surface area contributed by atoms with Crippen LogP contribution < -0.4 is 10.3 Å². The fourth-order valence-corrected chi connectivity index (χ4v) is 4.75. The van der Waals surface area contributed by atoms with Crippen molar-refractivity contribution in [3.05, 3.63) is 69.2 Å². The van der Waals surface area contributed by atoms with Crippen LogP contribution in [0.2, 0.25) is 5.02 Å². The molecule has 1 unspecified atom stereocenters. The van der Waals surface area contributed by atoms with Gasteiger partial charge >= 0.3 is 6.09 Å². The third-order valence-electron chi connectivity index (χ3n) is 6.34. The Balaban J connectivity index is 1.46. The lowest BCUT2D eigenvalue weighted by Crippen LogP contribution is -2.44. The molecule has 2 aliphatic rings. The molecule has 0 bridgehead atoms. The number of halogens is 1. The molecule has 3 atom stereocenters. The molecule has 0 saturated carbocycles. The molecule has 34 heavy (non-hydrogen) atoms. The van der Waals surface area contributed by atoms with Crippen LogP contribution in [-0.2, 0) is 17.7 Å². The first-order chi connectivity index (χ1) is 16.4. The average Bonchev–Trinajstić information content (AvgIpc) is 3.18. The van der Waals surface area contributed by atoms with Crippen molar-refractivity contribution in [1.82, 2.24) is 14.5 Å². The number of rotatable bonds is 6. The molecule has 0 aliphatic carbocycles. The Labute approximate surface area is 201 Å². The SMILES string of the molecule is CC(O)Cc1nc2ccn(Cc3ccc(Cl)cc3)c(=O)c2cc1O[C@H]1CCN2C(=O)OC[C@@H]2C1. The maximum Gasteiger partial charge on any atom is 0.410 e. The summed E-state index contributed by atoms with van der Waals surface area (Å²) in [6, 6.07) is 10.9. The van der Waals surface area contributed by atoms with Crippen LogP contribution in [0, 0.1) is 0 Å². The number of carbonyl (C=O) groups excluding carboxylic acids is 1. The largest absolute Gasteiger partial charge is 0.488 e. The standard InChI is InChI=1S/C25H26ClN3O5/c1-15(30)10-22-23(34-19-6-9-29-18(11-19)14-33-25(29)32)12-20-21(27-22)7-8-28(24(20)31)13-16-2-4-17(26)5-3-16/h2-5,7-8,12,15,18-19,30H,6,9-11,13-14H2,1H3/t15?,18-,19-/m0/s1. The number of pyridine rings is 2. The number of ether oxygens (including phenoxy) is 2. The molecule has 3 aromatic rings. The summed E-state index contributed by atoms with van der Waals surface area (Å²) in [6.45, 7) is 3.03. The third kappa shape index (κ3) is 4.60. The number of amides is 1. The summed E-state index contributed by atoms with van der Waals surface area (Å²) in [6.07, 6.45) is 2.32. The Hall–Kier alpha value is -3.10. The number of piperidine rings is 1. The Morgan fingerprint density at radius 1 is 1.26 bits per heavy atom. The predicted molar refractivity (Wildman–Crippen MR) is 127 cm³/mol. The zero-order valence-electron chi connectivity index (χ0n) is 18.8. The van der Waals surface area contributed by atoms with E-state index in [2.05, 4.69) is 4.98 Å². The molecule has 9 heteroatoms. The maximum absolute atomic E-state index is 13.3. The van der Waals surface area contributed by atoms with Crippen LogP contribution in [0.1, 0.15) is 31.0 Å². The predicted octanol–water partition coefficient (Wildman–Crippen LogP) is 3.38. The number of hydrogen-bond acceptors (Lipinski definition) is 6. The summed E-state index contributed by atoms with van der Waals surface area (Å²) < 4.78 is 13.1. The Bertz CT molecular complexity index is 1270. The second-order valence-electron chi connectivity index (χ2n) is 8.98. The Kier molecular flexibility index (Phi) is 6.18. The van der Waals surface area contributed by atoms with Gasteiger partial charge in [-0.15, -0.1) is 0 Å². The topological polar surface area (TPSA) is 93.9 Å². The third-order valence-corrected chi connectivity index (χ3v) is 6.60. The highest BCUT2D eigenvalue weighted by atomic mass is 35.5. The lowest BCUT2D eigenvalue weighted by Gasteiger charge is -2.33. The van der Waals surface area contributed by atoms with Crippen LogP contribution in [0.15, 0.2) is 47.4 Å². The summed E-state index contributed by atoms with van der Waals surface area (Å²) in [5.74, 6) is 0.499. The van der Waals surface area contributed by atoms with Gasteiger partial charge in [0.2, 0.25) is 0 Å². The van der Waals surface area contributed by atoms with Crippen molar-refractivity contribution < 1.29 is 19.4 Å². The second-order valence-corrected chi connectivity index (χ2v) is 9.42. The van der Waals surface area contributed by atoms with E-state index in [0.29, 0.717) is 66.3 Å². The first-order valence-electron chi connectivity index (χ1n) is 11.4. The number of carbonyl (C=O) groups is 1. The highest BCUT2D eigenvalue weighted by Crippen LogP contribution is 2.30. The second kappa shape index (κ2) is 9.27. The van der Waals surface area contributed by atoms with E-state index in [-0.39, 0.29) is 23.8 Å². The number of aliphatic hydroxyl groups is 1. The highest BCUT2D eigenvalue weighted by molar-refractivity contribution is 6.30. The van der Waals surface area contributed by atoms with E-state index in [0.717, 1.165) is 5.56 Å². The van der Waals surface area contributed by atoms with E-state index in [1.54, 1.807) is 40.8 Å². The van der Waals surface area contributed by atoms with Gasteiger partial charge in [0.25, 0.3) is 5.56 Å². The molecular formula is C25H26ClN3O5. The van der Waals surface area contributed by atoms with E-state index in [9.17, 15) is 14.7 Å². The van der Waals surface area contributed by atoms with Crippen molar-refractivity contribution in [1.29, 1.82) is 0 Å². The number of benzene rings is 1. The summed E-state index contributed by atoms with van der Waals surface area (Å²) in [5, 5.41) is 11.1. The van der Waals surface area contributed by atoms with Gasteiger partial charge in [0.1, 0.15) is 18.5 Å². The molecule has 8 nitrogen and oxygen atoms in total. The number of cyclic esters (lactones) is 1. The Morgan fingerprint density at radius 2 is 2.06 bits per heavy atom. The summed E-state index contributed by atoms with van der Waals surface area (Å²) in [7, 11) is 0. The fourth-order valence-electron chi connectivity index (χ4n) is 4.62. The van der Waals surface area contributed by atoms with Gasteiger partial charge < -0.3 is 24.0 Å². The average molecular weight is 484 g/mol. The molecule has 0 spiro atoms. The normalized spacial score (nSPS) is 20.8. The van der Waals surface area contributed by atoms with E-state index >= 15 is 0 Å². The fraction of sp³-hybridized carbons (Fsp3) is 0.400. The van der Waals surface area contributed by atoms with E-state index in [1.165, 1.54) is 0 Å². The van der Waals surface area contributed by atoms with Gasteiger partial charge in [-0.25, -0.2) is 9.78 Å². The lowest BCUT2D eigenvalue weighted by atomic mass is 10.0. The van der Waals surface area contributed by atoms with Crippen molar-refractivity contribution in [3.8, 4) is 5.75 Å². The minimum absolute atomic E-state index is 0.00326. The minimum Gasteiger partial charge on any atom is -0.488 e. The smallest absolute Gasteiger partial charge is 0.410 e.